The lowest BCUT2D eigenvalue weighted by molar-refractivity contribution is 0.0954. The fraction of sp³-hybridized carbons (Fsp3) is 0.188. The van der Waals surface area contributed by atoms with Gasteiger partial charge in [-0.05, 0) is 36.2 Å². The topological polar surface area (TPSA) is 64.3 Å². The predicted octanol–water partition coefficient (Wildman–Crippen LogP) is 2.90. The van der Waals surface area contributed by atoms with Gasteiger partial charge in [0.05, 0.1) is 7.11 Å². The van der Waals surface area contributed by atoms with E-state index < -0.39 is 0 Å². The fourth-order valence-electron chi connectivity index (χ4n) is 2.07. The highest BCUT2D eigenvalue weighted by Gasteiger charge is 2.08. The number of hydrogen-bond donors (Lipinski definition) is 2. The van der Waals surface area contributed by atoms with Gasteiger partial charge >= 0.3 is 0 Å². The Bertz CT molecular complexity index is 624. The van der Waals surface area contributed by atoms with Crippen LogP contribution in [0.3, 0.4) is 0 Å². The van der Waals surface area contributed by atoms with Gasteiger partial charge in [0.1, 0.15) is 5.75 Å². The van der Waals surface area contributed by atoms with Gasteiger partial charge in [0.25, 0.3) is 5.91 Å². The lowest BCUT2D eigenvalue weighted by Gasteiger charge is -2.09. The number of para-hydroxylation sites is 1. The van der Waals surface area contributed by atoms with E-state index in [1.807, 2.05) is 24.3 Å². The van der Waals surface area contributed by atoms with E-state index >= 15 is 0 Å². The number of amides is 1. The van der Waals surface area contributed by atoms with Crippen LogP contribution >= 0.6 is 11.6 Å². The van der Waals surface area contributed by atoms with Gasteiger partial charge in [0.15, 0.2) is 0 Å². The van der Waals surface area contributed by atoms with Crippen molar-refractivity contribution in [3.8, 4) is 5.75 Å². The summed E-state index contributed by atoms with van der Waals surface area (Å²) in [6.07, 6.45) is 0.686. The van der Waals surface area contributed by atoms with Crippen LogP contribution in [0.4, 0.5) is 5.69 Å². The quantitative estimate of drug-likeness (QED) is 0.835. The second-order valence-electron chi connectivity index (χ2n) is 4.59. The highest BCUT2D eigenvalue weighted by molar-refractivity contribution is 6.31. The molecule has 0 unspecified atom stereocenters. The number of nitrogens with one attached hydrogen (secondary N) is 1. The van der Waals surface area contributed by atoms with E-state index in [0.29, 0.717) is 29.2 Å². The van der Waals surface area contributed by atoms with Crippen LogP contribution in [0, 0.1) is 0 Å². The lowest BCUT2D eigenvalue weighted by atomic mass is 10.1. The first-order chi connectivity index (χ1) is 10.1. The van der Waals surface area contributed by atoms with Gasteiger partial charge in [-0.15, -0.1) is 0 Å². The molecule has 0 aliphatic carbocycles. The molecular formula is C16H17ClN2O2. The Balaban J connectivity index is 1.95. The number of benzene rings is 2. The zero-order valence-electron chi connectivity index (χ0n) is 11.7. The summed E-state index contributed by atoms with van der Waals surface area (Å²) in [7, 11) is 1.63. The molecule has 4 nitrogen and oxygen atoms in total. The molecule has 0 heterocycles. The van der Waals surface area contributed by atoms with Crippen molar-refractivity contribution in [2.75, 3.05) is 19.4 Å². The van der Waals surface area contributed by atoms with E-state index in [1.54, 1.807) is 25.3 Å². The summed E-state index contributed by atoms with van der Waals surface area (Å²) < 4.78 is 5.27. The van der Waals surface area contributed by atoms with E-state index in [0.717, 1.165) is 11.3 Å². The van der Waals surface area contributed by atoms with Crippen LogP contribution in [0.2, 0.25) is 5.02 Å². The van der Waals surface area contributed by atoms with Gasteiger partial charge in [-0.3, -0.25) is 4.79 Å². The normalized spacial score (nSPS) is 10.2. The molecule has 0 bridgehead atoms. The monoisotopic (exact) mass is 304 g/mol. The molecule has 21 heavy (non-hydrogen) atoms. The molecule has 110 valence electrons. The third-order valence-corrected chi connectivity index (χ3v) is 3.27. The van der Waals surface area contributed by atoms with Crippen molar-refractivity contribution in [1.82, 2.24) is 5.32 Å². The molecule has 1 amide bonds. The molecule has 0 radical (unpaired) electrons. The Hall–Kier alpha value is -2.20. The van der Waals surface area contributed by atoms with Crippen molar-refractivity contribution in [3.63, 3.8) is 0 Å². The third-order valence-electron chi connectivity index (χ3n) is 3.05. The molecule has 0 aliphatic rings. The highest BCUT2D eigenvalue weighted by Crippen LogP contribution is 2.18. The van der Waals surface area contributed by atoms with E-state index in [1.165, 1.54) is 0 Å². The average Bonchev–Trinajstić information content (AvgIpc) is 2.46. The minimum atomic E-state index is -0.195. The molecule has 0 fully saturated rings. The van der Waals surface area contributed by atoms with E-state index in [-0.39, 0.29) is 5.91 Å². The van der Waals surface area contributed by atoms with Gasteiger partial charge < -0.3 is 15.8 Å². The summed E-state index contributed by atoms with van der Waals surface area (Å²) >= 11 is 5.89. The second kappa shape index (κ2) is 6.99. The number of carbonyl (C=O) groups excluding carboxylic acids is 1. The maximum atomic E-state index is 12.0. The molecule has 2 aromatic rings. The third kappa shape index (κ3) is 4.13. The SMILES string of the molecule is COc1ccccc1CCNC(=O)c1cc(N)cc(Cl)c1. The number of anilines is 1. The van der Waals surface area contributed by atoms with Gasteiger partial charge in [-0.25, -0.2) is 0 Å². The number of nitrogens with two attached hydrogens (primary N) is 1. The van der Waals surface area contributed by atoms with Crippen LogP contribution in [0.5, 0.6) is 5.75 Å². The standard InChI is InChI=1S/C16H17ClN2O2/c1-21-15-5-3-2-4-11(15)6-7-19-16(20)12-8-13(17)10-14(18)9-12/h2-5,8-10H,6-7,18H2,1H3,(H,19,20). The van der Waals surface area contributed by atoms with Crippen molar-refractivity contribution in [3.05, 3.63) is 58.6 Å². The second-order valence-corrected chi connectivity index (χ2v) is 5.03. The van der Waals surface area contributed by atoms with Crippen molar-refractivity contribution in [2.45, 2.75) is 6.42 Å². The zero-order valence-corrected chi connectivity index (χ0v) is 12.5. The summed E-state index contributed by atoms with van der Waals surface area (Å²) in [5, 5.41) is 3.29. The summed E-state index contributed by atoms with van der Waals surface area (Å²) in [6.45, 7) is 0.506. The lowest BCUT2D eigenvalue weighted by Crippen LogP contribution is -2.25. The molecule has 2 aromatic carbocycles. The van der Waals surface area contributed by atoms with E-state index in [9.17, 15) is 4.79 Å². The Kier molecular flexibility index (Phi) is 5.06. The fourth-order valence-corrected chi connectivity index (χ4v) is 2.31. The number of nitrogen functional groups attached to an aromatic ring is 1. The number of methoxy groups -OCH3 is 1. The Morgan fingerprint density at radius 1 is 1.29 bits per heavy atom. The first-order valence-electron chi connectivity index (χ1n) is 6.56. The van der Waals surface area contributed by atoms with Crippen molar-refractivity contribution in [2.24, 2.45) is 0 Å². The molecule has 0 aromatic heterocycles. The van der Waals surface area contributed by atoms with E-state index in [4.69, 9.17) is 22.1 Å². The highest BCUT2D eigenvalue weighted by atomic mass is 35.5. The average molecular weight is 305 g/mol. The zero-order chi connectivity index (χ0) is 15.2. The van der Waals surface area contributed by atoms with Crippen molar-refractivity contribution >= 4 is 23.2 Å². The molecule has 3 N–H and O–H groups in total. The minimum Gasteiger partial charge on any atom is -0.496 e. The Morgan fingerprint density at radius 3 is 2.76 bits per heavy atom. The number of rotatable bonds is 5. The number of carbonyl (C=O) groups is 1. The molecular weight excluding hydrogens is 288 g/mol. The van der Waals surface area contributed by atoms with Crippen LogP contribution in [-0.4, -0.2) is 19.6 Å². The Morgan fingerprint density at radius 2 is 2.05 bits per heavy atom. The number of ether oxygens (including phenoxy) is 1. The van der Waals surface area contributed by atoms with Crippen LogP contribution in [0.1, 0.15) is 15.9 Å². The molecule has 0 atom stereocenters. The predicted molar refractivity (Wildman–Crippen MR) is 84.9 cm³/mol. The van der Waals surface area contributed by atoms with Gasteiger partial charge in [-0.1, -0.05) is 29.8 Å². The first-order valence-corrected chi connectivity index (χ1v) is 6.94. The molecule has 0 saturated heterocycles. The number of halogens is 1. The van der Waals surface area contributed by atoms with Gasteiger partial charge in [-0.2, -0.15) is 0 Å². The summed E-state index contributed by atoms with van der Waals surface area (Å²) in [6, 6.07) is 12.5. The van der Waals surface area contributed by atoms with Crippen LogP contribution in [0.15, 0.2) is 42.5 Å². The largest absolute Gasteiger partial charge is 0.496 e. The van der Waals surface area contributed by atoms with Crippen molar-refractivity contribution in [1.29, 1.82) is 0 Å². The Labute approximate surface area is 128 Å². The molecule has 2 rings (SSSR count). The maximum absolute atomic E-state index is 12.0. The first kappa shape index (κ1) is 15.2. The van der Waals surface area contributed by atoms with E-state index in [2.05, 4.69) is 5.32 Å². The summed E-state index contributed by atoms with van der Waals surface area (Å²) in [4.78, 5) is 12.0. The molecule has 0 aliphatic heterocycles. The number of hydrogen-bond acceptors (Lipinski definition) is 3. The molecule has 0 spiro atoms. The van der Waals surface area contributed by atoms with Gasteiger partial charge in [0.2, 0.25) is 0 Å². The van der Waals surface area contributed by atoms with Crippen LogP contribution in [0.25, 0.3) is 0 Å². The summed E-state index contributed by atoms with van der Waals surface area (Å²) in [5.41, 5.74) is 7.65. The van der Waals surface area contributed by atoms with Crippen LogP contribution in [-0.2, 0) is 6.42 Å². The molecule has 0 saturated carbocycles. The van der Waals surface area contributed by atoms with Crippen molar-refractivity contribution < 1.29 is 9.53 Å². The maximum Gasteiger partial charge on any atom is 0.251 e. The van der Waals surface area contributed by atoms with Crippen LogP contribution < -0.4 is 15.8 Å². The summed E-state index contributed by atoms with van der Waals surface area (Å²) in [5.74, 6) is 0.623. The molecule has 5 heteroatoms. The van der Waals surface area contributed by atoms with Gasteiger partial charge in [0, 0.05) is 22.8 Å². The smallest absolute Gasteiger partial charge is 0.251 e. The minimum absolute atomic E-state index is 0.195.